The zero-order valence-electron chi connectivity index (χ0n) is 9.27. The van der Waals surface area contributed by atoms with Crippen molar-refractivity contribution in [3.8, 4) is 0 Å². The van der Waals surface area contributed by atoms with Gasteiger partial charge < -0.3 is 9.57 Å². The topological polar surface area (TPSA) is 47.9 Å². The van der Waals surface area contributed by atoms with Gasteiger partial charge >= 0.3 is 5.97 Å². The minimum atomic E-state index is -0.329. The van der Waals surface area contributed by atoms with Crippen molar-refractivity contribution in [2.24, 2.45) is 5.16 Å². The van der Waals surface area contributed by atoms with Gasteiger partial charge in [0.2, 0.25) is 0 Å². The van der Waals surface area contributed by atoms with Crippen molar-refractivity contribution < 1.29 is 14.4 Å². The molecule has 0 N–H and O–H groups in total. The first kappa shape index (κ1) is 10.7. The molecular weight excluding hydrogens is 206 g/mol. The van der Waals surface area contributed by atoms with Crippen molar-refractivity contribution in [1.29, 1.82) is 0 Å². The van der Waals surface area contributed by atoms with Crippen LogP contribution in [0.15, 0.2) is 29.4 Å². The number of nitrogens with zero attached hydrogens (tertiary/aromatic N) is 1. The molecule has 4 nitrogen and oxygen atoms in total. The molecule has 2 rings (SSSR count). The molecule has 0 aromatic heterocycles. The van der Waals surface area contributed by atoms with Crippen molar-refractivity contribution in [3.63, 3.8) is 0 Å². The lowest BCUT2D eigenvalue weighted by atomic mass is 10.0. The quantitative estimate of drug-likeness (QED) is 0.714. The second-order valence-corrected chi connectivity index (χ2v) is 3.73. The predicted molar refractivity (Wildman–Crippen MR) is 59.5 cm³/mol. The van der Waals surface area contributed by atoms with Crippen molar-refractivity contribution in [2.75, 3.05) is 7.11 Å². The summed E-state index contributed by atoms with van der Waals surface area (Å²) in [5.74, 6) is -0.329. The minimum absolute atomic E-state index is 0.135. The highest BCUT2D eigenvalue weighted by Gasteiger charge is 2.17. The first-order valence-electron chi connectivity index (χ1n) is 5.12. The van der Waals surface area contributed by atoms with Gasteiger partial charge in [0, 0.05) is 6.42 Å². The van der Waals surface area contributed by atoms with Crippen molar-refractivity contribution in [2.45, 2.75) is 19.4 Å². The second kappa shape index (κ2) is 4.35. The van der Waals surface area contributed by atoms with E-state index in [1.165, 1.54) is 7.11 Å². The Morgan fingerprint density at radius 3 is 2.62 bits per heavy atom. The Balaban J connectivity index is 2.17. The summed E-state index contributed by atoms with van der Waals surface area (Å²) >= 11 is 0. The third kappa shape index (κ3) is 2.05. The summed E-state index contributed by atoms with van der Waals surface area (Å²) in [6, 6.07) is 7.16. The van der Waals surface area contributed by atoms with E-state index in [1.54, 1.807) is 12.1 Å². The molecule has 1 unspecified atom stereocenters. The lowest BCUT2D eigenvalue weighted by Crippen LogP contribution is -2.05. The number of methoxy groups -OCH3 is 1. The fourth-order valence-corrected chi connectivity index (χ4v) is 1.59. The fraction of sp³-hybridized carbons (Fsp3) is 0.333. The molecule has 16 heavy (non-hydrogen) atoms. The van der Waals surface area contributed by atoms with Crippen molar-refractivity contribution in [1.82, 2.24) is 0 Å². The molecule has 1 aromatic carbocycles. The molecule has 0 saturated carbocycles. The third-order valence-corrected chi connectivity index (χ3v) is 2.46. The van der Waals surface area contributed by atoms with E-state index in [4.69, 9.17) is 4.84 Å². The van der Waals surface area contributed by atoms with E-state index in [0.29, 0.717) is 5.56 Å². The third-order valence-electron chi connectivity index (χ3n) is 2.46. The lowest BCUT2D eigenvalue weighted by molar-refractivity contribution is 0.0600. The zero-order valence-corrected chi connectivity index (χ0v) is 9.27. The molecule has 0 saturated heterocycles. The SMILES string of the molecule is COC(=O)c1ccc(C2=NOC(C)C2)cc1. The number of carbonyl (C=O) groups is 1. The maximum absolute atomic E-state index is 11.2. The molecule has 1 aliphatic rings. The molecule has 1 atom stereocenters. The molecule has 0 radical (unpaired) electrons. The van der Waals surface area contributed by atoms with Crippen LogP contribution in [0.25, 0.3) is 0 Å². The number of hydrogen-bond acceptors (Lipinski definition) is 4. The highest BCUT2D eigenvalue weighted by molar-refractivity contribution is 6.02. The minimum Gasteiger partial charge on any atom is -0.465 e. The van der Waals surface area contributed by atoms with Crippen LogP contribution in [0.5, 0.6) is 0 Å². The molecule has 4 heteroatoms. The summed E-state index contributed by atoms with van der Waals surface area (Å²) in [6.07, 6.45) is 0.938. The molecular formula is C12H13NO3. The van der Waals surface area contributed by atoms with E-state index in [-0.39, 0.29) is 12.1 Å². The zero-order chi connectivity index (χ0) is 11.5. The number of hydrogen-bond donors (Lipinski definition) is 0. The van der Waals surface area contributed by atoms with Crippen LogP contribution in [0.3, 0.4) is 0 Å². The molecule has 1 heterocycles. The van der Waals surface area contributed by atoms with Crippen LogP contribution >= 0.6 is 0 Å². The van der Waals surface area contributed by atoms with Gasteiger partial charge in [-0.3, -0.25) is 0 Å². The van der Waals surface area contributed by atoms with Crippen LogP contribution in [-0.4, -0.2) is 24.9 Å². The molecule has 1 aromatic rings. The van der Waals surface area contributed by atoms with Gasteiger partial charge in [-0.1, -0.05) is 17.3 Å². The Bertz CT molecular complexity index is 422. The first-order valence-corrected chi connectivity index (χ1v) is 5.12. The largest absolute Gasteiger partial charge is 0.465 e. The van der Waals surface area contributed by atoms with E-state index >= 15 is 0 Å². The molecule has 1 aliphatic heterocycles. The average Bonchev–Trinajstić information content (AvgIpc) is 2.75. The van der Waals surface area contributed by atoms with Crippen LogP contribution in [0, 0.1) is 0 Å². The normalized spacial score (nSPS) is 18.9. The summed E-state index contributed by atoms with van der Waals surface area (Å²) < 4.78 is 4.62. The van der Waals surface area contributed by atoms with E-state index < -0.39 is 0 Å². The van der Waals surface area contributed by atoms with E-state index in [2.05, 4.69) is 9.89 Å². The molecule has 0 fully saturated rings. The Labute approximate surface area is 93.9 Å². The standard InChI is InChI=1S/C12H13NO3/c1-8-7-11(13-16-8)9-3-5-10(6-4-9)12(14)15-2/h3-6,8H,7H2,1-2H3. The summed E-state index contributed by atoms with van der Waals surface area (Å²) in [6.45, 7) is 1.97. The number of carbonyl (C=O) groups excluding carboxylic acids is 1. The highest BCUT2D eigenvalue weighted by atomic mass is 16.6. The number of rotatable bonds is 2. The maximum atomic E-state index is 11.2. The van der Waals surface area contributed by atoms with E-state index in [1.807, 2.05) is 19.1 Å². The number of esters is 1. The van der Waals surface area contributed by atoms with E-state index in [9.17, 15) is 4.79 Å². The molecule has 84 valence electrons. The monoisotopic (exact) mass is 219 g/mol. The van der Waals surface area contributed by atoms with Gasteiger partial charge in [-0.2, -0.15) is 0 Å². The Kier molecular flexibility index (Phi) is 2.90. The second-order valence-electron chi connectivity index (χ2n) is 3.73. The Hall–Kier alpha value is -1.84. The number of benzene rings is 1. The van der Waals surface area contributed by atoms with Crippen LogP contribution < -0.4 is 0 Å². The smallest absolute Gasteiger partial charge is 0.337 e. The van der Waals surface area contributed by atoms with Gasteiger partial charge in [-0.05, 0) is 24.6 Å². The van der Waals surface area contributed by atoms with Crippen molar-refractivity contribution >= 4 is 11.7 Å². The van der Waals surface area contributed by atoms with Gasteiger partial charge in [0.25, 0.3) is 0 Å². The van der Waals surface area contributed by atoms with Crippen LogP contribution in [-0.2, 0) is 9.57 Å². The van der Waals surface area contributed by atoms with E-state index in [0.717, 1.165) is 17.7 Å². The highest BCUT2D eigenvalue weighted by Crippen LogP contribution is 2.16. The van der Waals surface area contributed by atoms with Crippen LogP contribution in [0.4, 0.5) is 0 Å². The van der Waals surface area contributed by atoms with Gasteiger partial charge in [-0.25, -0.2) is 4.79 Å². The maximum Gasteiger partial charge on any atom is 0.337 e. The molecule has 0 amide bonds. The predicted octanol–water partition coefficient (Wildman–Crippen LogP) is 1.99. The molecule has 0 aliphatic carbocycles. The Morgan fingerprint density at radius 2 is 2.12 bits per heavy atom. The van der Waals surface area contributed by atoms with Crippen LogP contribution in [0.2, 0.25) is 0 Å². The summed E-state index contributed by atoms with van der Waals surface area (Å²) in [5, 5.41) is 3.98. The lowest BCUT2D eigenvalue weighted by Gasteiger charge is -2.01. The Morgan fingerprint density at radius 1 is 1.44 bits per heavy atom. The van der Waals surface area contributed by atoms with Gasteiger partial charge in [-0.15, -0.1) is 0 Å². The van der Waals surface area contributed by atoms with Gasteiger partial charge in [0.15, 0.2) is 0 Å². The summed E-state index contributed by atoms with van der Waals surface area (Å²) in [5.41, 5.74) is 2.44. The van der Waals surface area contributed by atoms with Crippen LogP contribution in [0.1, 0.15) is 29.3 Å². The van der Waals surface area contributed by atoms with Crippen molar-refractivity contribution in [3.05, 3.63) is 35.4 Å². The summed E-state index contributed by atoms with van der Waals surface area (Å²) in [7, 11) is 1.37. The first-order chi connectivity index (χ1) is 7.70. The van der Waals surface area contributed by atoms with Gasteiger partial charge in [0.1, 0.15) is 6.10 Å². The number of oxime groups is 1. The average molecular weight is 219 g/mol. The number of ether oxygens (including phenoxy) is 1. The van der Waals surface area contributed by atoms with Gasteiger partial charge in [0.05, 0.1) is 18.4 Å². The summed E-state index contributed by atoms with van der Waals surface area (Å²) in [4.78, 5) is 16.3. The fourth-order valence-electron chi connectivity index (χ4n) is 1.59. The molecule has 0 spiro atoms. The molecule has 0 bridgehead atoms.